The Labute approximate surface area is 216 Å². The third-order valence-corrected chi connectivity index (χ3v) is 11.2. The van der Waals surface area contributed by atoms with Gasteiger partial charge in [-0.2, -0.15) is 0 Å². The second-order valence-corrected chi connectivity index (χ2v) is 16.3. The monoisotopic (exact) mass is 494 g/mol. The van der Waals surface area contributed by atoms with Gasteiger partial charge in [-0.1, -0.05) is 89.3 Å². The fourth-order valence-corrected chi connectivity index (χ4v) is 10.5. The van der Waals surface area contributed by atoms with Gasteiger partial charge in [-0.05, 0) is 85.8 Å². The first-order chi connectivity index (χ1) is 16.1. The summed E-state index contributed by atoms with van der Waals surface area (Å²) in [7, 11) is 1.13. The van der Waals surface area contributed by atoms with Gasteiger partial charge >= 0.3 is 0 Å². The lowest BCUT2D eigenvalue weighted by Gasteiger charge is -2.50. The molecule has 0 unspecified atom stereocenters. The molecule has 1 saturated heterocycles. The molecule has 0 atom stereocenters. The van der Waals surface area contributed by atoms with Crippen LogP contribution in [-0.2, 0) is 4.79 Å². The Kier molecular flexibility index (Phi) is 7.98. The molecule has 0 aliphatic carbocycles. The summed E-state index contributed by atoms with van der Waals surface area (Å²) in [4.78, 5) is 12.8. The van der Waals surface area contributed by atoms with E-state index in [-0.39, 0.29) is 10.3 Å². The first-order valence-corrected chi connectivity index (χ1v) is 14.6. The standard InChI is InChI=1S/C32H47O2P/c1-19(2)23-14-25(20(3)4)30(26(15-23)21(5)6)27-13-22(7)28(34-12)16-29(27)35-31(8,9)17-24(33)18-32(35,10)11/h13-16,19-21H,17-18H2,1-12H3. The maximum atomic E-state index is 12.8. The molecule has 0 radical (unpaired) electrons. The molecule has 0 N–H and O–H groups in total. The Hall–Kier alpha value is -1.66. The second-order valence-electron chi connectivity index (χ2n) is 12.7. The molecule has 3 heteroatoms. The lowest BCUT2D eigenvalue weighted by atomic mass is 9.81. The Morgan fingerprint density at radius 2 is 1.29 bits per heavy atom. The van der Waals surface area contributed by atoms with Crippen molar-refractivity contribution in [1.82, 2.24) is 0 Å². The van der Waals surface area contributed by atoms with E-state index in [0.717, 1.165) is 5.75 Å². The van der Waals surface area contributed by atoms with Crippen LogP contribution in [0, 0.1) is 6.92 Å². The van der Waals surface area contributed by atoms with Gasteiger partial charge in [-0.3, -0.25) is 4.79 Å². The van der Waals surface area contributed by atoms with Crippen LogP contribution in [0.4, 0.5) is 0 Å². The van der Waals surface area contributed by atoms with E-state index in [1.165, 1.54) is 38.7 Å². The van der Waals surface area contributed by atoms with Crippen LogP contribution in [0.15, 0.2) is 24.3 Å². The molecule has 2 aromatic rings. The van der Waals surface area contributed by atoms with Crippen molar-refractivity contribution in [2.45, 2.75) is 117 Å². The van der Waals surface area contributed by atoms with Crippen LogP contribution in [0.3, 0.4) is 0 Å². The van der Waals surface area contributed by atoms with Crippen molar-refractivity contribution >= 4 is 19.0 Å². The first kappa shape index (κ1) is 27.9. The number of benzene rings is 2. The number of hydrogen-bond donors (Lipinski definition) is 0. The predicted octanol–water partition coefficient (Wildman–Crippen LogP) is 9.07. The Balaban J connectivity index is 2.48. The minimum atomic E-state index is -0.643. The molecule has 0 bridgehead atoms. The smallest absolute Gasteiger partial charge is 0.134 e. The molecule has 0 spiro atoms. The van der Waals surface area contributed by atoms with Gasteiger partial charge in [-0.15, -0.1) is 0 Å². The molecule has 1 aliphatic heterocycles. The third kappa shape index (κ3) is 5.39. The summed E-state index contributed by atoms with van der Waals surface area (Å²) in [5, 5.41) is 1.25. The highest BCUT2D eigenvalue weighted by molar-refractivity contribution is 7.69. The molecule has 192 valence electrons. The van der Waals surface area contributed by atoms with E-state index in [9.17, 15) is 4.79 Å². The van der Waals surface area contributed by atoms with Gasteiger partial charge in [0.2, 0.25) is 0 Å². The van der Waals surface area contributed by atoms with Gasteiger partial charge < -0.3 is 4.74 Å². The van der Waals surface area contributed by atoms with E-state index in [4.69, 9.17) is 4.74 Å². The molecule has 0 saturated carbocycles. The maximum absolute atomic E-state index is 12.8. The predicted molar refractivity (Wildman–Crippen MR) is 154 cm³/mol. The summed E-state index contributed by atoms with van der Waals surface area (Å²) in [6, 6.07) is 9.60. The van der Waals surface area contributed by atoms with Gasteiger partial charge in [0.15, 0.2) is 0 Å². The highest BCUT2D eigenvalue weighted by atomic mass is 31.1. The maximum Gasteiger partial charge on any atom is 0.134 e. The number of ketones is 1. The summed E-state index contributed by atoms with van der Waals surface area (Å²) in [6.45, 7) is 25.3. The minimum Gasteiger partial charge on any atom is -0.496 e. The zero-order chi connectivity index (χ0) is 26.5. The Morgan fingerprint density at radius 1 is 0.800 bits per heavy atom. The van der Waals surface area contributed by atoms with E-state index in [1.807, 2.05) is 0 Å². The quantitative estimate of drug-likeness (QED) is 0.374. The highest BCUT2D eigenvalue weighted by Gasteiger charge is 2.48. The van der Waals surface area contributed by atoms with Gasteiger partial charge in [0.1, 0.15) is 11.5 Å². The fraction of sp³-hybridized carbons (Fsp3) is 0.594. The topological polar surface area (TPSA) is 26.3 Å². The summed E-state index contributed by atoms with van der Waals surface area (Å²) in [5.41, 5.74) is 8.22. The van der Waals surface area contributed by atoms with Crippen molar-refractivity contribution < 1.29 is 9.53 Å². The molecule has 1 fully saturated rings. The zero-order valence-corrected chi connectivity index (χ0v) is 25.1. The van der Waals surface area contributed by atoms with E-state index >= 15 is 0 Å². The number of carbonyl (C=O) groups is 1. The molecule has 2 nitrogen and oxygen atoms in total. The number of ether oxygens (including phenoxy) is 1. The average molecular weight is 495 g/mol. The van der Waals surface area contributed by atoms with Crippen LogP contribution in [0.1, 0.15) is 122 Å². The fourth-order valence-electron chi connectivity index (χ4n) is 6.21. The number of hydrogen-bond acceptors (Lipinski definition) is 2. The van der Waals surface area contributed by atoms with Crippen molar-refractivity contribution in [2.24, 2.45) is 0 Å². The molecule has 0 amide bonds. The van der Waals surface area contributed by atoms with Crippen LogP contribution in [-0.4, -0.2) is 23.2 Å². The summed E-state index contributed by atoms with van der Waals surface area (Å²) >= 11 is 0. The van der Waals surface area contributed by atoms with Crippen molar-refractivity contribution in [1.29, 1.82) is 0 Å². The normalized spacial score (nSPS) is 18.1. The van der Waals surface area contributed by atoms with Crippen LogP contribution in [0.2, 0.25) is 0 Å². The molecule has 1 heterocycles. The molecule has 35 heavy (non-hydrogen) atoms. The number of methoxy groups -OCH3 is 1. The van der Waals surface area contributed by atoms with E-state index in [1.54, 1.807) is 7.11 Å². The van der Waals surface area contributed by atoms with Gasteiger partial charge in [0.05, 0.1) is 7.11 Å². The molecular weight excluding hydrogens is 447 g/mol. The van der Waals surface area contributed by atoms with E-state index in [0.29, 0.717) is 36.4 Å². The summed E-state index contributed by atoms with van der Waals surface area (Å²) in [5.74, 6) is 2.66. The van der Waals surface area contributed by atoms with Crippen molar-refractivity contribution in [3.05, 3.63) is 46.5 Å². The third-order valence-electron chi connectivity index (χ3n) is 7.63. The Morgan fingerprint density at radius 3 is 1.69 bits per heavy atom. The van der Waals surface area contributed by atoms with Gasteiger partial charge in [0.25, 0.3) is 0 Å². The number of aryl methyl sites for hydroxylation is 1. The molecule has 0 aromatic heterocycles. The average Bonchev–Trinajstić information content (AvgIpc) is 2.71. The minimum absolute atomic E-state index is 0.0724. The summed E-state index contributed by atoms with van der Waals surface area (Å²) in [6.07, 6.45) is 1.30. The van der Waals surface area contributed by atoms with E-state index in [2.05, 4.69) is 100 Å². The first-order valence-electron chi connectivity index (χ1n) is 13.3. The lowest BCUT2D eigenvalue weighted by molar-refractivity contribution is -0.120. The second kappa shape index (κ2) is 10.0. The summed E-state index contributed by atoms with van der Waals surface area (Å²) < 4.78 is 5.87. The van der Waals surface area contributed by atoms with Crippen LogP contribution in [0.5, 0.6) is 5.75 Å². The van der Waals surface area contributed by atoms with Crippen molar-refractivity contribution in [3.8, 4) is 16.9 Å². The van der Waals surface area contributed by atoms with Gasteiger partial charge in [-0.25, -0.2) is 0 Å². The Bertz CT molecular complexity index is 1060. The van der Waals surface area contributed by atoms with Crippen molar-refractivity contribution in [2.75, 3.05) is 7.11 Å². The van der Waals surface area contributed by atoms with E-state index < -0.39 is 7.92 Å². The van der Waals surface area contributed by atoms with Crippen LogP contribution < -0.4 is 10.0 Å². The molecule has 2 aromatic carbocycles. The van der Waals surface area contributed by atoms with Crippen LogP contribution >= 0.6 is 7.92 Å². The number of carbonyl (C=O) groups excluding carboxylic acids is 1. The number of Topliss-reactive ketones (excluding diaryl/α,β-unsaturated/α-hetero) is 1. The largest absolute Gasteiger partial charge is 0.496 e. The van der Waals surface area contributed by atoms with Gasteiger partial charge in [0, 0.05) is 12.8 Å². The molecular formula is C32H47O2P. The zero-order valence-electron chi connectivity index (χ0n) is 24.2. The molecule has 3 rings (SSSR count). The van der Waals surface area contributed by atoms with Crippen molar-refractivity contribution in [3.63, 3.8) is 0 Å². The SMILES string of the molecule is COc1cc(P2C(C)(C)CC(=O)CC2(C)C)c(-c2c(C(C)C)cc(C(C)C)cc2C(C)C)cc1C. The molecule has 1 aliphatic rings. The highest BCUT2D eigenvalue weighted by Crippen LogP contribution is 2.65. The van der Waals surface area contributed by atoms with Crippen LogP contribution in [0.25, 0.3) is 11.1 Å². The lowest BCUT2D eigenvalue weighted by Crippen LogP contribution is -2.43. The number of rotatable bonds is 6.